The van der Waals surface area contributed by atoms with Crippen LogP contribution >= 0.6 is 22.7 Å². The van der Waals surface area contributed by atoms with Crippen LogP contribution in [0.2, 0.25) is 0 Å². The fourth-order valence-corrected chi connectivity index (χ4v) is 6.23. The summed E-state index contributed by atoms with van der Waals surface area (Å²) in [6, 6.07) is 15.6. The average molecular weight is 555 g/mol. The lowest BCUT2D eigenvalue weighted by Gasteiger charge is -2.28. The van der Waals surface area contributed by atoms with Crippen LogP contribution in [-0.4, -0.2) is 33.4 Å². The molecule has 0 aliphatic heterocycles. The van der Waals surface area contributed by atoms with Crippen molar-refractivity contribution in [1.29, 1.82) is 0 Å². The van der Waals surface area contributed by atoms with E-state index in [1.807, 2.05) is 48.5 Å². The van der Waals surface area contributed by atoms with Gasteiger partial charge in [0.1, 0.15) is 11.5 Å². The molecule has 1 fully saturated rings. The van der Waals surface area contributed by atoms with Gasteiger partial charge in [0.15, 0.2) is 0 Å². The van der Waals surface area contributed by atoms with Gasteiger partial charge in [-0.05, 0) is 72.9 Å². The zero-order valence-electron chi connectivity index (χ0n) is 20.8. The number of aromatic amines is 2. The highest BCUT2D eigenvalue weighted by atomic mass is 32.1. The van der Waals surface area contributed by atoms with Gasteiger partial charge in [0, 0.05) is 12.8 Å². The summed E-state index contributed by atoms with van der Waals surface area (Å²) >= 11 is 2.06. The van der Waals surface area contributed by atoms with Crippen molar-refractivity contribution in [2.24, 2.45) is 11.8 Å². The van der Waals surface area contributed by atoms with Crippen molar-refractivity contribution in [3.8, 4) is 23.3 Å². The molecule has 1 aliphatic rings. The molecule has 2 heterocycles. The maximum atomic E-state index is 11.3. The summed E-state index contributed by atoms with van der Waals surface area (Å²) in [5.74, 6) is 2.61. The summed E-state index contributed by atoms with van der Waals surface area (Å²) < 4.78 is 12.1. The van der Waals surface area contributed by atoms with E-state index >= 15 is 0 Å². The molecular weight excluding hydrogens is 524 g/mol. The fourth-order valence-electron chi connectivity index (χ4n) is 4.71. The minimum atomic E-state index is -0.249. The van der Waals surface area contributed by atoms with Crippen molar-refractivity contribution in [2.45, 2.75) is 38.5 Å². The molecule has 4 aromatic rings. The zero-order valence-corrected chi connectivity index (χ0v) is 22.4. The molecule has 5 rings (SSSR count). The van der Waals surface area contributed by atoms with E-state index in [2.05, 4.69) is 9.97 Å². The van der Waals surface area contributed by atoms with Crippen LogP contribution in [0, 0.1) is 11.8 Å². The summed E-state index contributed by atoms with van der Waals surface area (Å²) in [5, 5.41) is 19.5. The standard InChI is InChI=1S/C28H30N2O6S2/c31-25-23(37-27(33)29-25)13-17-5-9-21(10-6-17)35-15-19-1-2-20(4-3-19)16-36-22-11-7-18(8-12-22)14-24-26(32)30-28(34)38-24/h5-12,19-20,31-32H,1-4,13-16H2,(H,29,33)(H,30,34). The van der Waals surface area contributed by atoms with E-state index in [-0.39, 0.29) is 21.5 Å². The van der Waals surface area contributed by atoms with E-state index < -0.39 is 0 Å². The smallest absolute Gasteiger partial charge is 0.307 e. The van der Waals surface area contributed by atoms with Gasteiger partial charge in [0.25, 0.3) is 0 Å². The molecule has 10 heteroatoms. The number of hydrogen-bond acceptors (Lipinski definition) is 8. The fraction of sp³-hybridized carbons (Fsp3) is 0.357. The Labute approximate surface area is 227 Å². The molecular formula is C28H30N2O6S2. The number of aromatic nitrogens is 2. The Bertz CT molecular complexity index is 1330. The van der Waals surface area contributed by atoms with E-state index in [0.717, 1.165) is 71.0 Å². The van der Waals surface area contributed by atoms with Crippen LogP contribution in [0.25, 0.3) is 0 Å². The first-order valence-corrected chi connectivity index (χ1v) is 14.3. The summed E-state index contributed by atoms with van der Waals surface area (Å²) in [4.78, 5) is 28.3. The lowest BCUT2D eigenvalue weighted by Crippen LogP contribution is -2.23. The zero-order chi connectivity index (χ0) is 26.5. The van der Waals surface area contributed by atoms with Crippen LogP contribution in [0.1, 0.15) is 46.6 Å². The highest BCUT2D eigenvalue weighted by Gasteiger charge is 2.22. The predicted octanol–water partition coefficient (Wildman–Crippen LogP) is 5.04. The van der Waals surface area contributed by atoms with Crippen molar-refractivity contribution in [3.63, 3.8) is 0 Å². The maximum absolute atomic E-state index is 11.3. The predicted molar refractivity (Wildman–Crippen MR) is 148 cm³/mol. The van der Waals surface area contributed by atoms with Crippen molar-refractivity contribution >= 4 is 22.7 Å². The van der Waals surface area contributed by atoms with E-state index in [9.17, 15) is 19.8 Å². The minimum absolute atomic E-state index is 0.0503. The molecule has 4 N–H and O–H groups in total. The largest absolute Gasteiger partial charge is 0.494 e. The van der Waals surface area contributed by atoms with Crippen LogP contribution < -0.4 is 19.2 Å². The molecule has 0 saturated heterocycles. The first kappa shape index (κ1) is 26.1. The Morgan fingerprint density at radius 1 is 0.658 bits per heavy atom. The van der Waals surface area contributed by atoms with Gasteiger partial charge in [0.05, 0.1) is 23.0 Å². The molecule has 2 aromatic heterocycles. The Hall–Kier alpha value is -3.50. The first-order chi connectivity index (χ1) is 18.4. The molecule has 0 spiro atoms. The second kappa shape index (κ2) is 11.9. The number of benzene rings is 2. The topological polar surface area (TPSA) is 125 Å². The van der Waals surface area contributed by atoms with E-state index in [1.165, 1.54) is 0 Å². The molecule has 0 unspecified atom stereocenters. The summed E-state index contributed by atoms with van der Waals surface area (Å²) in [5.41, 5.74) is 2.02. The van der Waals surface area contributed by atoms with Crippen molar-refractivity contribution < 1.29 is 19.7 Å². The molecule has 0 amide bonds. The monoisotopic (exact) mass is 554 g/mol. The van der Waals surface area contributed by atoms with E-state index in [1.54, 1.807) is 0 Å². The Balaban J connectivity index is 1.01. The molecule has 1 aliphatic carbocycles. The van der Waals surface area contributed by atoms with Crippen LogP contribution in [-0.2, 0) is 12.8 Å². The number of thiazole rings is 2. The van der Waals surface area contributed by atoms with Crippen molar-refractivity contribution in [1.82, 2.24) is 9.97 Å². The van der Waals surface area contributed by atoms with Gasteiger partial charge in [-0.1, -0.05) is 46.9 Å². The van der Waals surface area contributed by atoms with Gasteiger partial charge < -0.3 is 19.7 Å². The van der Waals surface area contributed by atoms with Gasteiger partial charge in [-0.25, -0.2) is 0 Å². The summed E-state index contributed by atoms with van der Waals surface area (Å²) in [6.45, 7) is 1.39. The molecule has 0 bridgehead atoms. The lowest BCUT2D eigenvalue weighted by molar-refractivity contribution is 0.148. The van der Waals surface area contributed by atoms with Gasteiger partial charge in [-0.2, -0.15) is 0 Å². The van der Waals surface area contributed by atoms with Crippen LogP contribution in [0.5, 0.6) is 23.3 Å². The Morgan fingerprint density at radius 2 is 1.03 bits per heavy atom. The highest BCUT2D eigenvalue weighted by molar-refractivity contribution is 7.09. The third-order valence-corrected chi connectivity index (χ3v) is 8.66. The third-order valence-electron chi connectivity index (χ3n) is 6.91. The van der Waals surface area contributed by atoms with Crippen LogP contribution in [0.3, 0.4) is 0 Å². The summed E-state index contributed by atoms with van der Waals surface area (Å²) in [6.07, 6.45) is 5.46. The Morgan fingerprint density at radius 3 is 1.34 bits per heavy atom. The second-order valence-corrected chi connectivity index (χ2v) is 11.9. The van der Waals surface area contributed by atoms with Crippen molar-refractivity contribution in [3.05, 3.63) is 88.7 Å². The van der Waals surface area contributed by atoms with Crippen LogP contribution in [0.4, 0.5) is 0 Å². The van der Waals surface area contributed by atoms with E-state index in [0.29, 0.717) is 47.6 Å². The molecule has 38 heavy (non-hydrogen) atoms. The third kappa shape index (κ3) is 6.87. The van der Waals surface area contributed by atoms with Crippen molar-refractivity contribution in [2.75, 3.05) is 13.2 Å². The molecule has 1 saturated carbocycles. The van der Waals surface area contributed by atoms with Gasteiger partial charge in [-0.15, -0.1) is 0 Å². The van der Waals surface area contributed by atoms with Gasteiger partial charge >= 0.3 is 9.75 Å². The quantitative estimate of drug-likeness (QED) is 0.218. The Kier molecular flexibility index (Phi) is 8.19. The number of rotatable bonds is 10. The molecule has 0 radical (unpaired) electrons. The second-order valence-electron chi connectivity index (χ2n) is 9.72. The maximum Gasteiger partial charge on any atom is 0.307 e. The number of aromatic hydroxyl groups is 2. The molecule has 200 valence electrons. The van der Waals surface area contributed by atoms with Gasteiger partial charge in [-0.3, -0.25) is 19.6 Å². The molecule has 0 atom stereocenters. The molecule has 2 aromatic carbocycles. The van der Waals surface area contributed by atoms with Crippen LogP contribution in [0.15, 0.2) is 58.1 Å². The minimum Gasteiger partial charge on any atom is -0.494 e. The summed E-state index contributed by atoms with van der Waals surface area (Å²) in [7, 11) is 0. The number of H-pyrrole nitrogens is 2. The van der Waals surface area contributed by atoms with Gasteiger partial charge in [0.2, 0.25) is 11.8 Å². The normalized spacial score (nSPS) is 17.4. The SMILES string of the molecule is O=c1[nH]c(O)c(Cc2ccc(OCC3CCC(COc4ccc(Cc5sc(=O)[nH]c5O)cc4)CC3)cc2)s1. The molecule has 8 nitrogen and oxygen atoms in total. The number of hydrogen-bond donors (Lipinski definition) is 4. The van der Waals surface area contributed by atoms with E-state index in [4.69, 9.17) is 9.47 Å². The highest BCUT2D eigenvalue weighted by Crippen LogP contribution is 2.30. The average Bonchev–Trinajstić information content (AvgIpc) is 3.41. The number of ether oxygens (including phenoxy) is 2. The lowest BCUT2D eigenvalue weighted by atomic mass is 9.83. The number of nitrogens with one attached hydrogen (secondary N) is 2. The first-order valence-electron chi connectivity index (χ1n) is 12.7.